The molecule has 0 unspecified atom stereocenters. The van der Waals surface area contributed by atoms with Crippen molar-refractivity contribution in [2.45, 2.75) is 40.5 Å². The molecule has 0 aliphatic rings. The molecule has 0 aliphatic carbocycles. The Kier molecular flexibility index (Phi) is 7.27. The Bertz CT molecular complexity index is 386. The van der Waals surface area contributed by atoms with Crippen molar-refractivity contribution in [3.8, 4) is 17.2 Å². The summed E-state index contributed by atoms with van der Waals surface area (Å²) >= 11 is 0. The van der Waals surface area contributed by atoms with Crippen LogP contribution in [0.3, 0.4) is 0 Å². The summed E-state index contributed by atoms with van der Waals surface area (Å²) < 4.78 is 17.1. The minimum Gasteiger partial charge on any atom is -0.493 e. The Balaban J connectivity index is 2.70. The normalized spacial score (nSPS) is 10.9. The SMILES string of the molecule is COc1cccc(OCCC(C)C)c1OCCC(C)C. The second-order valence-electron chi connectivity index (χ2n) is 5.85. The molecule has 0 heterocycles. The van der Waals surface area contributed by atoms with Crippen molar-refractivity contribution in [2.24, 2.45) is 11.8 Å². The molecule has 0 bridgehead atoms. The van der Waals surface area contributed by atoms with E-state index in [4.69, 9.17) is 14.2 Å². The van der Waals surface area contributed by atoms with E-state index in [0.29, 0.717) is 25.0 Å². The summed E-state index contributed by atoms with van der Waals surface area (Å²) in [6, 6.07) is 5.77. The summed E-state index contributed by atoms with van der Waals surface area (Å²) in [4.78, 5) is 0. The first-order valence-corrected chi connectivity index (χ1v) is 7.47. The van der Waals surface area contributed by atoms with Gasteiger partial charge >= 0.3 is 0 Å². The van der Waals surface area contributed by atoms with Gasteiger partial charge in [-0.25, -0.2) is 0 Å². The van der Waals surface area contributed by atoms with Gasteiger partial charge in [-0.2, -0.15) is 0 Å². The third kappa shape index (κ3) is 5.72. The van der Waals surface area contributed by atoms with Gasteiger partial charge < -0.3 is 14.2 Å². The minimum atomic E-state index is 0.620. The number of hydrogen-bond donors (Lipinski definition) is 0. The molecule has 1 aromatic rings. The first-order valence-electron chi connectivity index (χ1n) is 7.47. The maximum atomic E-state index is 5.88. The van der Waals surface area contributed by atoms with Crippen LogP contribution in [-0.4, -0.2) is 20.3 Å². The highest BCUT2D eigenvalue weighted by Gasteiger charge is 2.12. The number of rotatable bonds is 9. The number of hydrogen-bond acceptors (Lipinski definition) is 3. The van der Waals surface area contributed by atoms with Crippen molar-refractivity contribution in [2.75, 3.05) is 20.3 Å². The van der Waals surface area contributed by atoms with Gasteiger partial charge in [0.05, 0.1) is 20.3 Å². The van der Waals surface area contributed by atoms with Gasteiger partial charge in [0.1, 0.15) is 0 Å². The van der Waals surface area contributed by atoms with Crippen molar-refractivity contribution < 1.29 is 14.2 Å². The van der Waals surface area contributed by atoms with Crippen LogP contribution < -0.4 is 14.2 Å². The number of methoxy groups -OCH3 is 1. The van der Waals surface area contributed by atoms with E-state index in [1.165, 1.54) is 0 Å². The van der Waals surface area contributed by atoms with Crippen LogP contribution in [0.4, 0.5) is 0 Å². The average Bonchev–Trinajstić information content (AvgIpc) is 2.39. The predicted molar refractivity (Wildman–Crippen MR) is 82.9 cm³/mol. The van der Waals surface area contributed by atoms with Crippen LogP contribution in [0.15, 0.2) is 18.2 Å². The van der Waals surface area contributed by atoms with Gasteiger partial charge in [0.2, 0.25) is 5.75 Å². The molecule has 1 aromatic carbocycles. The van der Waals surface area contributed by atoms with Crippen molar-refractivity contribution in [3.05, 3.63) is 18.2 Å². The molecule has 3 nitrogen and oxygen atoms in total. The van der Waals surface area contributed by atoms with Crippen LogP contribution in [0, 0.1) is 11.8 Å². The highest BCUT2D eigenvalue weighted by Crippen LogP contribution is 2.37. The lowest BCUT2D eigenvalue weighted by molar-refractivity contribution is 0.236. The molecule has 1 rings (SSSR count). The van der Waals surface area contributed by atoms with Crippen molar-refractivity contribution in [1.29, 1.82) is 0 Å². The summed E-state index contributed by atoms with van der Waals surface area (Å²) in [6.45, 7) is 10.1. The molecule has 0 atom stereocenters. The number of para-hydroxylation sites is 1. The molecule has 20 heavy (non-hydrogen) atoms. The van der Waals surface area contributed by atoms with Gasteiger partial charge in [0.15, 0.2) is 11.5 Å². The molecule has 0 radical (unpaired) electrons. The summed E-state index contributed by atoms with van der Waals surface area (Å²) in [6.07, 6.45) is 2.05. The third-order valence-electron chi connectivity index (χ3n) is 3.06. The van der Waals surface area contributed by atoms with Crippen LogP contribution >= 0.6 is 0 Å². The second-order valence-corrected chi connectivity index (χ2v) is 5.85. The van der Waals surface area contributed by atoms with Crippen molar-refractivity contribution in [1.82, 2.24) is 0 Å². The molecule has 0 saturated heterocycles. The molecule has 3 heteroatoms. The molecule has 0 saturated carbocycles. The third-order valence-corrected chi connectivity index (χ3v) is 3.06. The van der Waals surface area contributed by atoms with Gasteiger partial charge in [-0.1, -0.05) is 33.8 Å². The van der Waals surface area contributed by atoms with Gasteiger partial charge in [0.25, 0.3) is 0 Å². The molecule has 114 valence electrons. The highest BCUT2D eigenvalue weighted by molar-refractivity contribution is 5.51. The first-order chi connectivity index (χ1) is 9.54. The van der Waals surface area contributed by atoms with E-state index in [-0.39, 0.29) is 0 Å². The van der Waals surface area contributed by atoms with E-state index >= 15 is 0 Å². The number of ether oxygens (including phenoxy) is 3. The molecular formula is C17H28O3. The fourth-order valence-electron chi connectivity index (χ4n) is 1.71. The second kappa shape index (κ2) is 8.72. The maximum absolute atomic E-state index is 5.88. The van der Waals surface area contributed by atoms with Crippen LogP contribution in [0.25, 0.3) is 0 Å². The quantitative estimate of drug-likeness (QED) is 0.664. The fraction of sp³-hybridized carbons (Fsp3) is 0.647. The van der Waals surface area contributed by atoms with Crippen molar-refractivity contribution in [3.63, 3.8) is 0 Å². The van der Waals surface area contributed by atoms with Crippen LogP contribution in [0.5, 0.6) is 17.2 Å². The molecule has 0 fully saturated rings. The van der Waals surface area contributed by atoms with E-state index in [1.54, 1.807) is 7.11 Å². The summed E-state index contributed by atoms with van der Waals surface area (Å²) in [5, 5.41) is 0. The topological polar surface area (TPSA) is 27.7 Å². The average molecular weight is 280 g/mol. The van der Waals surface area contributed by atoms with Gasteiger partial charge in [-0.05, 0) is 36.8 Å². The van der Waals surface area contributed by atoms with Crippen LogP contribution in [0.1, 0.15) is 40.5 Å². The number of benzene rings is 1. The monoisotopic (exact) mass is 280 g/mol. The molecular weight excluding hydrogens is 252 g/mol. The van der Waals surface area contributed by atoms with Gasteiger partial charge in [0, 0.05) is 0 Å². The lowest BCUT2D eigenvalue weighted by Gasteiger charge is -2.16. The molecule has 0 spiro atoms. The predicted octanol–water partition coefficient (Wildman–Crippen LogP) is 4.55. The lowest BCUT2D eigenvalue weighted by Crippen LogP contribution is -2.06. The van der Waals surface area contributed by atoms with E-state index < -0.39 is 0 Å². The molecule has 0 N–H and O–H groups in total. The summed E-state index contributed by atoms with van der Waals surface area (Å²) in [7, 11) is 1.66. The largest absolute Gasteiger partial charge is 0.493 e. The minimum absolute atomic E-state index is 0.620. The van der Waals surface area contributed by atoms with Gasteiger partial charge in [-0.15, -0.1) is 0 Å². The van der Waals surface area contributed by atoms with E-state index in [9.17, 15) is 0 Å². The smallest absolute Gasteiger partial charge is 0.203 e. The Labute approximate surface area is 123 Å². The highest BCUT2D eigenvalue weighted by atomic mass is 16.5. The van der Waals surface area contributed by atoms with Crippen LogP contribution in [-0.2, 0) is 0 Å². The summed E-state index contributed by atoms with van der Waals surface area (Å²) in [5.41, 5.74) is 0. The zero-order valence-electron chi connectivity index (χ0n) is 13.4. The summed E-state index contributed by atoms with van der Waals surface area (Å²) in [5.74, 6) is 3.48. The van der Waals surface area contributed by atoms with Crippen LogP contribution in [0.2, 0.25) is 0 Å². The van der Waals surface area contributed by atoms with E-state index in [0.717, 1.165) is 30.1 Å². The zero-order chi connectivity index (χ0) is 15.0. The Morgan fingerprint density at radius 2 is 1.40 bits per heavy atom. The van der Waals surface area contributed by atoms with E-state index in [2.05, 4.69) is 27.7 Å². The van der Waals surface area contributed by atoms with Gasteiger partial charge in [-0.3, -0.25) is 0 Å². The lowest BCUT2D eigenvalue weighted by atomic mass is 10.1. The van der Waals surface area contributed by atoms with Crippen molar-refractivity contribution >= 4 is 0 Å². The Morgan fingerprint density at radius 3 is 1.95 bits per heavy atom. The Hall–Kier alpha value is -1.38. The Morgan fingerprint density at radius 1 is 0.850 bits per heavy atom. The van der Waals surface area contributed by atoms with E-state index in [1.807, 2.05) is 18.2 Å². The first kappa shape index (κ1) is 16.7. The molecule has 0 aromatic heterocycles. The maximum Gasteiger partial charge on any atom is 0.203 e. The standard InChI is InChI=1S/C17H28O3/c1-13(2)9-11-19-16-8-6-7-15(18-5)17(16)20-12-10-14(3)4/h6-8,13-14H,9-12H2,1-5H3. The molecule has 0 aliphatic heterocycles. The molecule has 0 amide bonds. The zero-order valence-corrected chi connectivity index (χ0v) is 13.4. The fourth-order valence-corrected chi connectivity index (χ4v) is 1.71.